The lowest BCUT2D eigenvalue weighted by atomic mass is 10.2. The second kappa shape index (κ2) is 13.3. The number of allylic oxidation sites excluding steroid dienone is 4. The molecular formula is C23H30FN7O. The number of fused-ring (bicyclic) bond motifs is 1. The fourth-order valence-electron chi connectivity index (χ4n) is 2.53. The summed E-state index contributed by atoms with van der Waals surface area (Å²) in [4.78, 5) is 19.5. The fourth-order valence-corrected chi connectivity index (χ4v) is 2.53. The number of amides is 1. The van der Waals surface area contributed by atoms with Crippen LogP contribution in [0.4, 0.5) is 21.8 Å². The zero-order valence-corrected chi connectivity index (χ0v) is 18.9. The summed E-state index contributed by atoms with van der Waals surface area (Å²) >= 11 is 0. The first kappa shape index (κ1) is 26.0. The molecular weight excluding hydrogens is 409 g/mol. The molecule has 0 aliphatic carbocycles. The van der Waals surface area contributed by atoms with Gasteiger partial charge in [0, 0.05) is 18.6 Å². The van der Waals surface area contributed by atoms with Crippen molar-refractivity contribution in [2.24, 2.45) is 5.73 Å². The van der Waals surface area contributed by atoms with Crippen LogP contribution in [-0.2, 0) is 6.54 Å². The van der Waals surface area contributed by atoms with E-state index in [1.54, 1.807) is 36.1 Å². The molecule has 8 nitrogen and oxygen atoms in total. The maximum Gasteiger partial charge on any atom is 0.254 e. The molecule has 9 heteroatoms. The number of halogens is 1. The fraction of sp³-hybridized carbons (Fsp3) is 0.217. The molecule has 0 radical (unpaired) electrons. The molecule has 0 saturated carbocycles. The van der Waals surface area contributed by atoms with E-state index in [9.17, 15) is 9.18 Å². The highest BCUT2D eigenvalue weighted by atomic mass is 19.1. The Kier molecular flexibility index (Phi) is 10.8. The number of nitrogens with one attached hydrogen (secondary N) is 2. The van der Waals surface area contributed by atoms with Gasteiger partial charge in [0.25, 0.3) is 5.91 Å². The van der Waals surface area contributed by atoms with Crippen molar-refractivity contribution >= 4 is 34.3 Å². The van der Waals surface area contributed by atoms with Gasteiger partial charge < -0.3 is 16.4 Å². The van der Waals surface area contributed by atoms with Crippen molar-refractivity contribution in [2.45, 2.75) is 27.3 Å². The Morgan fingerprint density at radius 3 is 2.53 bits per heavy atom. The molecule has 3 aromatic rings. The number of nitrogens with zero attached hydrogens (tertiary/aromatic N) is 4. The van der Waals surface area contributed by atoms with Gasteiger partial charge in [-0.3, -0.25) is 9.48 Å². The van der Waals surface area contributed by atoms with E-state index in [4.69, 9.17) is 5.73 Å². The normalized spacial score (nSPS) is 9.91. The van der Waals surface area contributed by atoms with Crippen LogP contribution in [0.3, 0.4) is 0 Å². The van der Waals surface area contributed by atoms with Gasteiger partial charge in [-0.25, -0.2) is 9.37 Å². The molecule has 1 aromatic carbocycles. The smallest absolute Gasteiger partial charge is 0.254 e. The van der Waals surface area contributed by atoms with Gasteiger partial charge >= 0.3 is 0 Å². The van der Waals surface area contributed by atoms with Gasteiger partial charge in [-0.2, -0.15) is 10.1 Å². The summed E-state index contributed by atoms with van der Waals surface area (Å²) in [6, 6.07) is 2.99. The standard InChI is InChI=1S/C16H16FN7O.C5H8.C2H6/c1-3-4-24-13-6-12(11(17)5-9(13)7-21-24)22-16-20-8-10(14(18)25)15(19-2)23-16;1-3-5-4-2;1-2/h3,5-8H,1,4H2,2H3,(H2,18,25)(H2,19,20,22,23);3-5H,1H2,2H3;1-2H3/b;5-4+;. The van der Waals surface area contributed by atoms with Crippen molar-refractivity contribution in [3.63, 3.8) is 0 Å². The number of hydrogen-bond donors (Lipinski definition) is 3. The molecule has 170 valence electrons. The SMILES string of the molecule is C=C/C=C/C.C=CCn1ncc2cc(F)c(Nc3ncc(C(N)=O)c(NC)n3)cc21.CC. The number of hydrogen-bond acceptors (Lipinski definition) is 6. The van der Waals surface area contributed by atoms with E-state index < -0.39 is 11.7 Å². The number of aromatic nitrogens is 4. The van der Waals surface area contributed by atoms with Gasteiger partial charge in [-0.1, -0.05) is 44.7 Å². The molecule has 0 atom stereocenters. The van der Waals surface area contributed by atoms with Crippen molar-refractivity contribution in [1.82, 2.24) is 19.7 Å². The molecule has 4 N–H and O–H groups in total. The molecule has 0 fully saturated rings. The Morgan fingerprint density at radius 2 is 2.00 bits per heavy atom. The third kappa shape index (κ3) is 6.76. The first-order valence-electron chi connectivity index (χ1n) is 10.1. The number of carbonyl (C=O) groups excluding carboxylic acids is 1. The third-order valence-electron chi connectivity index (χ3n) is 3.90. The van der Waals surface area contributed by atoms with Crippen LogP contribution in [0, 0.1) is 5.82 Å². The van der Waals surface area contributed by atoms with E-state index in [0.717, 1.165) is 5.52 Å². The molecule has 0 spiro atoms. The lowest BCUT2D eigenvalue weighted by molar-refractivity contribution is 0.100. The van der Waals surface area contributed by atoms with Gasteiger partial charge in [0.15, 0.2) is 0 Å². The van der Waals surface area contributed by atoms with E-state index in [1.165, 1.54) is 12.3 Å². The van der Waals surface area contributed by atoms with Crippen LogP contribution in [-0.4, -0.2) is 32.7 Å². The largest absolute Gasteiger partial charge is 0.372 e. The van der Waals surface area contributed by atoms with E-state index in [0.29, 0.717) is 11.9 Å². The summed E-state index contributed by atoms with van der Waals surface area (Å²) in [5, 5.41) is 10.4. The van der Waals surface area contributed by atoms with Crippen LogP contribution in [0.2, 0.25) is 0 Å². The summed E-state index contributed by atoms with van der Waals surface area (Å²) in [5.74, 6) is -0.748. The predicted octanol–water partition coefficient (Wildman–Crippen LogP) is 4.81. The van der Waals surface area contributed by atoms with E-state index in [-0.39, 0.29) is 23.0 Å². The van der Waals surface area contributed by atoms with E-state index in [2.05, 4.69) is 38.9 Å². The summed E-state index contributed by atoms with van der Waals surface area (Å²) in [5.41, 5.74) is 6.33. The van der Waals surface area contributed by atoms with Crippen LogP contribution < -0.4 is 16.4 Å². The predicted molar refractivity (Wildman–Crippen MR) is 130 cm³/mol. The molecule has 32 heavy (non-hydrogen) atoms. The maximum absolute atomic E-state index is 14.3. The third-order valence-corrected chi connectivity index (χ3v) is 3.90. The second-order valence-corrected chi connectivity index (χ2v) is 5.96. The minimum Gasteiger partial charge on any atom is -0.372 e. The van der Waals surface area contributed by atoms with Crippen molar-refractivity contribution in [3.05, 3.63) is 73.4 Å². The van der Waals surface area contributed by atoms with Gasteiger partial charge in [0.1, 0.15) is 11.6 Å². The number of benzene rings is 1. The Bertz CT molecular complexity index is 1090. The topological polar surface area (TPSA) is 111 Å². The summed E-state index contributed by atoms with van der Waals surface area (Å²) in [6.07, 6.45) is 10.1. The van der Waals surface area contributed by atoms with Gasteiger partial charge in [0.2, 0.25) is 5.95 Å². The van der Waals surface area contributed by atoms with Crippen LogP contribution in [0.1, 0.15) is 31.1 Å². The molecule has 0 aliphatic rings. The zero-order valence-electron chi connectivity index (χ0n) is 18.9. The van der Waals surface area contributed by atoms with Crippen LogP contribution >= 0.6 is 0 Å². The Hall–Kier alpha value is -4.01. The number of rotatable bonds is 7. The molecule has 2 aromatic heterocycles. The lowest BCUT2D eigenvalue weighted by Crippen LogP contribution is -2.15. The highest BCUT2D eigenvalue weighted by Gasteiger charge is 2.13. The van der Waals surface area contributed by atoms with Crippen molar-refractivity contribution in [2.75, 3.05) is 17.7 Å². The Morgan fingerprint density at radius 1 is 1.28 bits per heavy atom. The average molecular weight is 440 g/mol. The summed E-state index contributed by atoms with van der Waals surface area (Å²) in [7, 11) is 1.60. The van der Waals surface area contributed by atoms with Crippen LogP contribution in [0.15, 0.2) is 62.0 Å². The first-order chi connectivity index (χ1) is 15.4. The van der Waals surface area contributed by atoms with Gasteiger partial charge in [-0.15, -0.1) is 6.58 Å². The molecule has 0 bridgehead atoms. The summed E-state index contributed by atoms with van der Waals surface area (Å²) < 4.78 is 16.0. The van der Waals surface area contributed by atoms with Crippen molar-refractivity contribution in [3.8, 4) is 0 Å². The van der Waals surface area contributed by atoms with Crippen molar-refractivity contribution < 1.29 is 9.18 Å². The van der Waals surface area contributed by atoms with E-state index >= 15 is 0 Å². The maximum atomic E-state index is 14.3. The van der Waals surface area contributed by atoms with Crippen molar-refractivity contribution in [1.29, 1.82) is 0 Å². The monoisotopic (exact) mass is 439 g/mol. The van der Waals surface area contributed by atoms with Gasteiger partial charge in [-0.05, 0) is 19.1 Å². The number of anilines is 3. The Labute approximate surface area is 187 Å². The van der Waals surface area contributed by atoms with Crippen LogP contribution in [0.25, 0.3) is 10.9 Å². The highest BCUT2D eigenvalue weighted by molar-refractivity contribution is 5.97. The number of nitrogens with two attached hydrogens (primary N) is 1. The van der Waals surface area contributed by atoms with Crippen LogP contribution in [0.5, 0.6) is 0 Å². The molecule has 2 heterocycles. The highest BCUT2D eigenvalue weighted by Crippen LogP contribution is 2.25. The van der Waals surface area contributed by atoms with Gasteiger partial charge in [0.05, 0.1) is 29.5 Å². The molecule has 1 amide bonds. The molecule has 0 aliphatic heterocycles. The summed E-state index contributed by atoms with van der Waals surface area (Å²) in [6.45, 7) is 13.6. The zero-order chi connectivity index (χ0) is 24.1. The average Bonchev–Trinajstić information content (AvgIpc) is 3.17. The second-order valence-electron chi connectivity index (χ2n) is 5.96. The quantitative estimate of drug-likeness (QED) is 0.360. The minimum atomic E-state index is -0.656. The number of carbonyl (C=O) groups is 1. The minimum absolute atomic E-state index is 0.127. The molecule has 0 saturated heterocycles. The molecule has 3 rings (SSSR count). The first-order valence-corrected chi connectivity index (χ1v) is 10.1. The van der Waals surface area contributed by atoms with E-state index in [1.807, 2.05) is 32.9 Å². The number of primary amides is 1. The molecule has 0 unspecified atom stereocenters. The lowest BCUT2D eigenvalue weighted by Gasteiger charge is -2.10. The Balaban J connectivity index is 0.000000646.